The van der Waals surface area contributed by atoms with E-state index in [1.807, 2.05) is 40.6 Å². The van der Waals surface area contributed by atoms with E-state index >= 15 is 0 Å². The molecular weight excluding hydrogens is 334 g/mol. The number of amides is 2. The topological polar surface area (TPSA) is 52.7 Å². The van der Waals surface area contributed by atoms with Gasteiger partial charge in [0, 0.05) is 38.3 Å². The van der Waals surface area contributed by atoms with Crippen LogP contribution in [0.1, 0.15) is 12.0 Å². The Balaban J connectivity index is 1.38. The number of piperazine rings is 1. The minimum absolute atomic E-state index is 0.0107. The summed E-state index contributed by atoms with van der Waals surface area (Å²) in [6.07, 6.45) is 1.37. The molecule has 0 saturated carbocycles. The molecule has 0 aliphatic carbocycles. The minimum atomic E-state index is -0.0107. The molecule has 0 radical (unpaired) electrons. The second kappa shape index (κ2) is 8.78. The maximum absolute atomic E-state index is 12.3. The molecule has 132 valence electrons. The average Bonchev–Trinajstić information content (AvgIpc) is 3.14. The number of benzene rings is 1. The highest BCUT2D eigenvalue weighted by atomic mass is 32.1. The zero-order chi connectivity index (χ0) is 17.5. The molecule has 0 bridgehead atoms. The first-order valence-corrected chi connectivity index (χ1v) is 9.51. The van der Waals surface area contributed by atoms with Crippen molar-refractivity contribution >= 4 is 28.8 Å². The number of anilines is 1. The quantitative estimate of drug-likeness (QED) is 0.864. The number of nitrogens with zero attached hydrogens (tertiary/aromatic N) is 2. The fraction of sp³-hybridized carbons (Fsp3) is 0.368. The second-order valence-electron chi connectivity index (χ2n) is 6.20. The van der Waals surface area contributed by atoms with E-state index in [-0.39, 0.29) is 11.8 Å². The Morgan fingerprint density at radius 1 is 1.04 bits per heavy atom. The minimum Gasteiger partial charge on any atom is -0.340 e. The van der Waals surface area contributed by atoms with Crippen molar-refractivity contribution in [2.45, 2.75) is 12.8 Å². The molecule has 6 heteroatoms. The molecule has 0 unspecified atom stereocenters. The van der Waals surface area contributed by atoms with E-state index in [0.29, 0.717) is 26.1 Å². The van der Waals surface area contributed by atoms with Crippen molar-refractivity contribution in [2.24, 2.45) is 0 Å². The molecular formula is C19H23N3O2S. The molecule has 1 aliphatic rings. The summed E-state index contributed by atoms with van der Waals surface area (Å²) in [5, 5.41) is 7.03. The number of carbonyl (C=O) groups is 2. The van der Waals surface area contributed by atoms with Gasteiger partial charge in [-0.25, -0.2) is 0 Å². The number of rotatable bonds is 6. The fourth-order valence-corrected chi connectivity index (χ4v) is 3.63. The molecule has 1 aliphatic heterocycles. The summed E-state index contributed by atoms with van der Waals surface area (Å²) in [6.45, 7) is 3.24. The molecule has 25 heavy (non-hydrogen) atoms. The van der Waals surface area contributed by atoms with E-state index in [0.717, 1.165) is 25.2 Å². The van der Waals surface area contributed by atoms with Gasteiger partial charge >= 0.3 is 0 Å². The normalized spacial score (nSPS) is 15.1. The van der Waals surface area contributed by atoms with Crippen LogP contribution in [0.4, 0.5) is 5.69 Å². The van der Waals surface area contributed by atoms with Crippen LogP contribution < -0.4 is 5.32 Å². The monoisotopic (exact) mass is 357 g/mol. The van der Waals surface area contributed by atoms with Crippen LogP contribution in [0, 0.1) is 0 Å². The highest BCUT2D eigenvalue weighted by molar-refractivity contribution is 7.07. The Kier molecular flexibility index (Phi) is 6.19. The van der Waals surface area contributed by atoms with E-state index in [4.69, 9.17) is 0 Å². The van der Waals surface area contributed by atoms with Crippen LogP contribution in [0.5, 0.6) is 0 Å². The van der Waals surface area contributed by atoms with Crippen LogP contribution in [0.3, 0.4) is 0 Å². The van der Waals surface area contributed by atoms with Crippen molar-refractivity contribution < 1.29 is 9.59 Å². The van der Waals surface area contributed by atoms with Gasteiger partial charge in [-0.05, 0) is 40.9 Å². The Bertz CT molecular complexity index is 680. The summed E-state index contributed by atoms with van der Waals surface area (Å²) < 4.78 is 0. The molecule has 5 nitrogen and oxygen atoms in total. The van der Waals surface area contributed by atoms with Crippen LogP contribution in [-0.4, -0.2) is 54.3 Å². The molecule has 0 spiro atoms. The zero-order valence-corrected chi connectivity index (χ0v) is 15.0. The number of hydrogen-bond acceptors (Lipinski definition) is 4. The number of nitrogens with one attached hydrogen (secondary N) is 1. The van der Waals surface area contributed by atoms with Gasteiger partial charge in [-0.15, -0.1) is 0 Å². The molecule has 3 rings (SSSR count). The summed E-state index contributed by atoms with van der Waals surface area (Å²) in [6, 6.07) is 11.5. The molecule has 2 aromatic rings. The van der Waals surface area contributed by atoms with Gasteiger partial charge in [0.1, 0.15) is 0 Å². The molecule has 1 fully saturated rings. The standard InChI is InChI=1S/C19H23N3O2S/c23-18(20-17-4-2-1-3-5-17)14-21-9-11-22(12-10-21)19(24)7-6-16-8-13-25-15-16/h1-5,8,13,15H,6-7,9-12,14H2,(H,20,23). The highest BCUT2D eigenvalue weighted by Gasteiger charge is 2.22. The van der Waals surface area contributed by atoms with Gasteiger partial charge < -0.3 is 10.2 Å². The second-order valence-corrected chi connectivity index (χ2v) is 6.98. The van der Waals surface area contributed by atoms with Crippen molar-refractivity contribution in [3.63, 3.8) is 0 Å². The lowest BCUT2D eigenvalue weighted by Crippen LogP contribution is -2.50. The number of thiophene rings is 1. The first kappa shape index (κ1) is 17.6. The smallest absolute Gasteiger partial charge is 0.238 e. The Morgan fingerprint density at radius 3 is 2.48 bits per heavy atom. The maximum Gasteiger partial charge on any atom is 0.238 e. The fourth-order valence-electron chi connectivity index (χ4n) is 2.92. The van der Waals surface area contributed by atoms with Crippen LogP contribution in [0.25, 0.3) is 0 Å². The third-order valence-corrected chi connectivity index (χ3v) is 5.09. The predicted octanol–water partition coefficient (Wildman–Crippen LogP) is 2.46. The third-order valence-electron chi connectivity index (χ3n) is 4.36. The predicted molar refractivity (Wildman–Crippen MR) is 101 cm³/mol. The van der Waals surface area contributed by atoms with E-state index < -0.39 is 0 Å². The first-order valence-electron chi connectivity index (χ1n) is 8.57. The SMILES string of the molecule is O=C(CN1CCN(C(=O)CCc2ccsc2)CC1)Nc1ccccc1. The van der Waals surface area contributed by atoms with Gasteiger partial charge in [0.25, 0.3) is 0 Å². The summed E-state index contributed by atoms with van der Waals surface area (Å²) in [5.41, 5.74) is 2.05. The lowest BCUT2D eigenvalue weighted by molar-refractivity contribution is -0.133. The van der Waals surface area contributed by atoms with Crippen LogP contribution >= 0.6 is 11.3 Å². The first-order chi connectivity index (χ1) is 12.2. The average molecular weight is 357 g/mol. The van der Waals surface area contributed by atoms with Crippen molar-refractivity contribution in [1.82, 2.24) is 9.80 Å². The molecule has 1 aromatic carbocycles. The van der Waals surface area contributed by atoms with Crippen molar-refractivity contribution in [2.75, 3.05) is 38.0 Å². The molecule has 1 aromatic heterocycles. The third kappa shape index (κ3) is 5.41. The largest absolute Gasteiger partial charge is 0.340 e. The van der Waals surface area contributed by atoms with Crippen LogP contribution in [-0.2, 0) is 16.0 Å². The number of carbonyl (C=O) groups excluding carboxylic acids is 2. The molecule has 0 atom stereocenters. The lowest BCUT2D eigenvalue weighted by Gasteiger charge is -2.34. The van der Waals surface area contributed by atoms with Crippen molar-refractivity contribution in [1.29, 1.82) is 0 Å². The van der Waals surface area contributed by atoms with E-state index in [1.165, 1.54) is 5.56 Å². The van der Waals surface area contributed by atoms with E-state index in [1.54, 1.807) is 11.3 Å². The van der Waals surface area contributed by atoms with Crippen LogP contribution in [0.2, 0.25) is 0 Å². The van der Waals surface area contributed by atoms with Gasteiger partial charge in [0.15, 0.2) is 0 Å². The van der Waals surface area contributed by atoms with Gasteiger partial charge in [0.05, 0.1) is 6.54 Å². The van der Waals surface area contributed by atoms with Gasteiger partial charge in [0.2, 0.25) is 11.8 Å². The van der Waals surface area contributed by atoms with Crippen molar-refractivity contribution in [3.05, 3.63) is 52.7 Å². The number of aryl methyl sites for hydroxylation is 1. The van der Waals surface area contributed by atoms with E-state index in [9.17, 15) is 9.59 Å². The Morgan fingerprint density at radius 2 is 1.80 bits per heavy atom. The molecule has 2 amide bonds. The Labute approximate surface area is 152 Å². The summed E-state index contributed by atoms with van der Waals surface area (Å²) in [5.74, 6) is 0.197. The Hall–Kier alpha value is -2.18. The number of hydrogen-bond donors (Lipinski definition) is 1. The molecule has 2 heterocycles. The van der Waals surface area contributed by atoms with Gasteiger partial charge in [-0.2, -0.15) is 11.3 Å². The summed E-state index contributed by atoms with van der Waals surface area (Å²) in [4.78, 5) is 28.4. The zero-order valence-electron chi connectivity index (χ0n) is 14.2. The van der Waals surface area contributed by atoms with Gasteiger partial charge in [-0.3, -0.25) is 14.5 Å². The summed E-state index contributed by atoms with van der Waals surface area (Å²) >= 11 is 1.66. The highest BCUT2D eigenvalue weighted by Crippen LogP contribution is 2.11. The molecule has 1 saturated heterocycles. The molecule has 1 N–H and O–H groups in total. The lowest BCUT2D eigenvalue weighted by atomic mass is 10.1. The van der Waals surface area contributed by atoms with E-state index in [2.05, 4.69) is 21.7 Å². The van der Waals surface area contributed by atoms with Crippen molar-refractivity contribution in [3.8, 4) is 0 Å². The van der Waals surface area contributed by atoms with Gasteiger partial charge in [-0.1, -0.05) is 18.2 Å². The number of para-hydroxylation sites is 1. The van der Waals surface area contributed by atoms with Crippen LogP contribution in [0.15, 0.2) is 47.2 Å². The summed E-state index contributed by atoms with van der Waals surface area (Å²) in [7, 11) is 0. The maximum atomic E-state index is 12.3.